The van der Waals surface area contributed by atoms with E-state index in [9.17, 15) is 0 Å². The lowest BCUT2D eigenvalue weighted by Gasteiger charge is -2.17. The van der Waals surface area contributed by atoms with Gasteiger partial charge in [0.25, 0.3) is 0 Å². The van der Waals surface area contributed by atoms with E-state index >= 15 is 0 Å². The molecule has 0 saturated heterocycles. The standard InChI is InChI=1S/C13H21NO/c1-3-14(4-2)11-5-6-12-7-9-13(15)10-8-12/h7-10,15H,3-6,11H2,1-2H3. The number of phenolic OH excluding ortho intramolecular Hbond substituents is 1. The van der Waals surface area contributed by atoms with Crippen LogP contribution in [-0.2, 0) is 6.42 Å². The first-order valence-corrected chi connectivity index (χ1v) is 5.76. The molecule has 0 heterocycles. The molecule has 0 spiro atoms. The zero-order chi connectivity index (χ0) is 11.1. The van der Waals surface area contributed by atoms with Crippen molar-refractivity contribution in [1.29, 1.82) is 0 Å². The van der Waals surface area contributed by atoms with Gasteiger partial charge < -0.3 is 10.0 Å². The Morgan fingerprint density at radius 3 is 2.20 bits per heavy atom. The Morgan fingerprint density at radius 2 is 1.67 bits per heavy atom. The number of benzene rings is 1. The van der Waals surface area contributed by atoms with Gasteiger partial charge in [-0.2, -0.15) is 0 Å². The van der Waals surface area contributed by atoms with Gasteiger partial charge >= 0.3 is 0 Å². The first kappa shape index (κ1) is 12.1. The number of aromatic hydroxyl groups is 1. The van der Waals surface area contributed by atoms with E-state index < -0.39 is 0 Å². The van der Waals surface area contributed by atoms with Crippen LogP contribution in [0.25, 0.3) is 0 Å². The molecule has 0 unspecified atom stereocenters. The molecule has 0 saturated carbocycles. The molecular formula is C13H21NO. The highest BCUT2D eigenvalue weighted by atomic mass is 16.3. The van der Waals surface area contributed by atoms with Gasteiger partial charge in [-0.1, -0.05) is 26.0 Å². The van der Waals surface area contributed by atoms with Gasteiger partial charge in [0.2, 0.25) is 0 Å². The van der Waals surface area contributed by atoms with Gasteiger partial charge in [0, 0.05) is 0 Å². The van der Waals surface area contributed by atoms with Gasteiger partial charge in [0.1, 0.15) is 5.75 Å². The number of hydrogen-bond acceptors (Lipinski definition) is 2. The maximum absolute atomic E-state index is 9.14. The highest BCUT2D eigenvalue weighted by Crippen LogP contribution is 2.11. The molecule has 0 fully saturated rings. The van der Waals surface area contributed by atoms with Crippen LogP contribution in [0.4, 0.5) is 0 Å². The molecule has 1 aromatic rings. The largest absolute Gasteiger partial charge is 0.508 e. The summed E-state index contributed by atoms with van der Waals surface area (Å²) in [6.45, 7) is 7.82. The summed E-state index contributed by atoms with van der Waals surface area (Å²) in [7, 11) is 0. The first-order chi connectivity index (χ1) is 7.26. The maximum Gasteiger partial charge on any atom is 0.115 e. The minimum atomic E-state index is 0.350. The van der Waals surface area contributed by atoms with Crippen LogP contribution in [-0.4, -0.2) is 29.6 Å². The van der Waals surface area contributed by atoms with Crippen LogP contribution in [0.1, 0.15) is 25.8 Å². The molecule has 0 aliphatic rings. The number of aryl methyl sites for hydroxylation is 1. The topological polar surface area (TPSA) is 23.5 Å². The molecule has 0 aliphatic heterocycles. The summed E-state index contributed by atoms with van der Waals surface area (Å²) < 4.78 is 0. The molecule has 0 aromatic heterocycles. The molecule has 84 valence electrons. The lowest BCUT2D eigenvalue weighted by atomic mass is 10.1. The second-order valence-electron chi connectivity index (χ2n) is 3.80. The van der Waals surface area contributed by atoms with Gasteiger partial charge in [-0.15, -0.1) is 0 Å². The van der Waals surface area contributed by atoms with Crippen molar-refractivity contribution in [2.24, 2.45) is 0 Å². The summed E-state index contributed by atoms with van der Waals surface area (Å²) >= 11 is 0. The Morgan fingerprint density at radius 1 is 1.07 bits per heavy atom. The van der Waals surface area contributed by atoms with Crippen molar-refractivity contribution in [3.05, 3.63) is 29.8 Å². The monoisotopic (exact) mass is 207 g/mol. The molecule has 2 nitrogen and oxygen atoms in total. The highest BCUT2D eigenvalue weighted by Gasteiger charge is 1.99. The minimum Gasteiger partial charge on any atom is -0.508 e. The molecule has 1 N–H and O–H groups in total. The molecular weight excluding hydrogens is 186 g/mol. The fraction of sp³-hybridized carbons (Fsp3) is 0.538. The molecule has 2 heteroatoms. The zero-order valence-electron chi connectivity index (χ0n) is 9.74. The summed E-state index contributed by atoms with van der Waals surface area (Å²) in [6, 6.07) is 7.51. The molecule has 0 atom stereocenters. The van der Waals surface area contributed by atoms with Gasteiger partial charge in [-0.25, -0.2) is 0 Å². The fourth-order valence-electron chi connectivity index (χ4n) is 1.71. The van der Waals surface area contributed by atoms with E-state index in [1.54, 1.807) is 12.1 Å². The van der Waals surface area contributed by atoms with E-state index in [1.165, 1.54) is 12.0 Å². The third-order valence-electron chi connectivity index (χ3n) is 2.77. The quantitative estimate of drug-likeness (QED) is 0.775. The van der Waals surface area contributed by atoms with E-state index in [2.05, 4.69) is 18.7 Å². The van der Waals surface area contributed by atoms with Crippen molar-refractivity contribution in [2.45, 2.75) is 26.7 Å². The van der Waals surface area contributed by atoms with Gasteiger partial charge in [-0.05, 0) is 50.2 Å². The Bertz CT molecular complexity index is 264. The average molecular weight is 207 g/mol. The second-order valence-corrected chi connectivity index (χ2v) is 3.80. The lowest BCUT2D eigenvalue weighted by Crippen LogP contribution is -2.24. The summed E-state index contributed by atoms with van der Waals surface area (Å²) in [5.41, 5.74) is 1.31. The summed E-state index contributed by atoms with van der Waals surface area (Å²) in [4.78, 5) is 2.43. The zero-order valence-corrected chi connectivity index (χ0v) is 9.74. The third kappa shape index (κ3) is 4.34. The van der Waals surface area contributed by atoms with Crippen LogP contribution in [0, 0.1) is 0 Å². The van der Waals surface area contributed by atoms with E-state index in [-0.39, 0.29) is 0 Å². The molecule has 0 aliphatic carbocycles. The van der Waals surface area contributed by atoms with E-state index in [0.717, 1.165) is 26.1 Å². The smallest absolute Gasteiger partial charge is 0.115 e. The maximum atomic E-state index is 9.14. The summed E-state index contributed by atoms with van der Waals surface area (Å²) in [5, 5.41) is 9.14. The summed E-state index contributed by atoms with van der Waals surface area (Å²) in [5.74, 6) is 0.350. The van der Waals surface area contributed by atoms with Crippen molar-refractivity contribution < 1.29 is 5.11 Å². The van der Waals surface area contributed by atoms with E-state index in [4.69, 9.17) is 5.11 Å². The van der Waals surface area contributed by atoms with Crippen molar-refractivity contribution >= 4 is 0 Å². The molecule has 0 amide bonds. The predicted octanol–water partition coefficient (Wildman–Crippen LogP) is 2.67. The van der Waals surface area contributed by atoms with Crippen LogP contribution >= 0.6 is 0 Å². The van der Waals surface area contributed by atoms with Gasteiger partial charge in [-0.3, -0.25) is 0 Å². The van der Waals surface area contributed by atoms with Crippen LogP contribution in [0.3, 0.4) is 0 Å². The molecule has 0 radical (unpaired) electrons. The average Bonchev–Trinajstić information content (AvgIpc) is 2.27. The minimum absolute atomic E-state index is 0.350. The van der Waals surface area contributed by atoms with E-state index in [1.807, 2.05) is 12.1 Å². The predicted molar refractivity (Wildman–Crippen MR) is 64.2 cm³/mol. The Labute approximate surface area is 92.5 Å². The van der Waals surface area contributed by atoms with Crippen LogP contribution in [0.2, 0.25) is 0 Å². The number of nitrogens with zero attached hydrogens (tertiary/aromatic N) is 1. The van der Waals surface area contributed by atoms with E-state index in [0.29, 0.717) is 5.75 Å². The Balaban J connectivity index is 2.28. The van der Waals surface area contributed by atoms with Crippen molar-refractivity contribution in [3.8, 4) is 5.75 Å². The van der Waals surface area contributed by atoms with Gasteiger partial charge in [0.05, 0.1) is 0 Å². The SMILES string of the molecule is CCN(CC)CCCc1ccc(O)cc1. The van der Waals surface area contributed by atoms with Crippen LogP contribution < -0.4 is 0 Å². The number of rotatable bonds is 6. The normalized spacial score (nSPS) is 10.9. The second kappa shape index (κ2) is 6.46. The lowest BCUT2D eigenvalue weighted by molar-refractivity contribution is 0.300. The number of hydrogen-bond donors (Lipinski definition) is 1. The Kier molecular flexibility index (Phi) is 5.19. The van der Waals surface area contributed by atoms with Crippen LogP contribution in [0.15, 0.2) is 24.3 Å². The van der Waals surface area contributed by atoms with Gasteiger partial charge in [0.15, 0.2) is 0 Å². The molecule has 1 rings (SSSR count). The molecule has 15 heavy (non-hydrogen) atoms. The molecule has 0 bridgehead atoms. The summed E-state index contributed by atoms with van der Waals surface area (Å²) in [6.07, 6.45) is 2.28. The fourth-order valence-corrected chi connectivity index (χ4v) is 1.71. The van der Waals surface area contributed by atoms with Crippen LogP contribution in [0.5, 0.6) is 5.75 Å². The molecule has 1 aromatic carbocycles. The van der Waals surface area contributed by atoms with Crippen molar-refractivity contribution in [1.82, 2.24) is 4.90 Å². The number of phenols is 1. The van der Waals surface area contributed by atoms with Crippen molar-refractivity contribution in [3.63, 3.8) is 0 Å². The van der Waals surface area contributed by atoms with Crippen molar-refractivity contribution in [2.75, 3.05) is 19.6 Å². The first-order valence-electron chi connectivity index (χ1n) is 5.76. The third-order valence-corrected chi connectivity index (χ3v) is 2.77. The Hall–Kier alpha value is -1.02. The highest BCUT2D eigenvalue weighted by molar-refractivity contribution is 5.25.